The Morgan fingerprint density at radius 1 is 1.50 bits per heavy atom. The standard InChI is InChI=1S/C13H15ClO4/c1-3-6-18-13-10(14)7-9(4-5-12(15)16)8-11(13)17-2/h4-5,7-8H,3,6H2,1-2H3,(H,15,16). The number of halogens is 1. The zero-order valence-corrected chi connectivity index (χ0v) is 11.0. The van der Waals surface area contributed by atoms with Crippen molar-refractivity contribution in [2.45, 2.75) is 13.3 Å². The first kappa shape index (κ1) is 14.4. The quantitative estimate of drug-likeness (QED) is 0.806. The minimum Gasteiger partial charge on any atom is -0.493 e. The molecule has 0 aliphatic heterocycles. The first-order valence-electron chi connectivity index (χ1n) is 5.49. The summed E-state index contributed by atoms with van der Waals surface area (Å²) in [6.07, 6.45) is 3.35. The topological polar surface area (TPSA) is 55.8 Å². The number of carboxylic acid groups (broad SMARTS) is 1. The van der Waals surface area contributed by atoms with Crippen LogP contribution >= 0.6 is 11.6 Å². The van der Waals surface area contributed by atoms with Crippen molar-refractivity contribution < 1.29 is 19.4 Å². The van der Waals surface area contributed by atoms with Gasteiger partial charge in [-0.05, 0) is 30.2 Å². The van der Waals surface area contributed by atoms with Crippen molar-refractivity contribution in [1.82, 2.24) is 0 Å². The fourth-order valence-corrected chi connectivity index (χ4v) is 1.62. The van der Waals surface area contributed by atoms with Crippen molar-refractivity contribution in [3.05, 3.63) is 28.8 Å². The normalized spacial score (nSPS) is 10.6. The summed E-state index contributed by atoms with van der Waals surface area (Å²) in [6, 6.07) is 3.31. The Hall–Kier alpha value is -1.68. The Kier molecular flexibility index (Phi) is 5.52. The molecule has 0 fully saturated rings. The van der Waals surface area contributed by atoms with Crippen LogP contribution in [0.5, 0.6) is 11.5 Å². The monoisotopic (exact) mass is 270 g/mol. The second-order valence-electron chi connectivity index (χ2n) is 3.55. The van der Waals surface area contributed by atoms with Gasteiger partial charge in [-0.1, -0.05) is 18.5 Å². The lowest BCUT2D eigenvalue weighted by molar-refractivity contribution is -0.131. The molecule has 0 saturated heterocycles. The minimum absolute atomic E-state index is 0.396. The van der Waals surface area contributed by atoms with E-state index in [1.54, 1.807) is 12.1 Å². The Morgan fingerprint density at radius 3 is 2.78 bits per heavy atom. The first-order chi connectivity index (χ1) is 8.58. The van der Waals surface area contributed by atoms with E-state index in [9.17, 15) is 4.79 Å². The van der Waals surface area contributed by atoms with E-state index in [0.717, 1.165) is 12.5 Å². The lowest BCUT2D eigenvalue weighted by Gasteiger charge is -2.12. The zero-order valence-electron chi connectivity index (χ0n) is 10.3. The van der Waals surface area contributed by atoms with Gasteiger partial charge in [-0.2, -0.15) is 0 Å². The van der Waals surface area contributed by atoms with Gasteiger partial charge < -0.3 is 14.6 Å². The van der Waals surface area contributed by atoms with Crippen molar-refractivity contribution in [3.63, 3.8) is 0 Å². The molecule has 0 aliphatic rings. The molecule has 1 N–H and O–H groups in total. The van der Waals surface area contributed by atoms with Crippen LogP contribution in [0.1, 0.15) is 18.9 Å². The molecule has 0 atom stereocenters. The first-order valence-corrected chi connectivity index (χ1v) is 5.87. The molecule has 1 aromatic rings. The summed E-state index contributed by atoms with van der Waals surface area (Å²) in [7, 11) is 1.51. The van der Waals surface area contributed by atoms with E-state index in [-0.39, 0.29) is 0 Å². The highest BCUT2D eigenvalue weighted by Gasteiger charge is 2.10. The average molecular weight is 271 g/mol. The number of aliphatic carboxylic acids is 1. The van der Waals surface area contributed by atoms with Crippen molar-refractivity contribution in [3.8, 4) is 11.5 Å². The maximum absolute atomic E-state index is 10.4. The van der Waals surface area contributed by atoms with E-state index >= 15 is 0 Å². The van der Waals surface area contributed by atoms with Gasteiger partial charge in [0.25, 0.3) is 0 Å². The number of hydrogen-bond donors (Lipinski definition) is 1. The van der Waals surface area contributed by atoms with E-state index in [1.807, 2.05) is 6.92 Å². The summed E-state index contributed by atoms with van der Waals surface area (Å²) >= 11 is 6.08. The lowest BCUT2D eigenvalue weighted by Crippen LogP contribution is -1.99. The maximum atomic E-state index is 10.4. The van der Waals surface area contributed by atoms with Crippen LogP contribution in [0.4, 0.5) is 0 Å². The van der Waals surface area contributed by atoms with Crippen LogP contribution < -0.4 is 9.47 Å². The van der Waals surface area contributed by atoms with Crippen molar-refractivity contribution >= 4 is 23.6 Å². The highest BCUT2D eigenvalue weighted by atomic mass is 35.5. The van der Waals surface area contributed by atoms with E-state index in [0.29, 0.717) is 28.7 Å². The van der Waals surface area contributed by atoms with E-state index in [4.69, 9.17) is 26.2 Å². The predicted octanol–water partition coefficient (Wildman–Crippen LogP) is 3.24. The van der Waals surface area contributed by atoms with Gasteiger partial charge in [0, 0.05) is 6.08 Å². The SMILES string of the molecule is CCCOc1c(Cl)cc(C=CC(=O)O)cc1OC. The highest BCUT2D eigenvalue weighted by Crippen LogP contribution is 2.36. The van der Waals surface area contributed by atoms with Gasteiger partial charge in [0.15, 0.2) is 11.5 Å². The summed E-state index contributed by atoms with van der Waals surface area (Å²) in [5.41, 5.74) is 0.642. The molecule has 0 aliphatic carbocycles. The number of ether oxygens (including phenoxy) is 2. The van der Waals surface area contributed by atoms with Crippen LogP contribution in [-0.4, -0.2) is 24.8 Å². The van der Waals surface area contributed by atoms with Gasteiger partial charge in [0.1, 0.15) is 0 Å². The third-order valence-corrected chi connectivity index (χ3v) is 2.40. The molecule has 98 valence electrons. The van der Waals surface area contributed by atoms with Crippen LogP contribution in [0.2, 0.25) is 5.02 Å². The molecule has 5 heteroatoms. The number of benzene rings is 1. The van der Waals surface area contributed by atoms with Crippen LogP contribution in [-0.2, 0) is 4.79 Å². The van der Waals surface area contributed by atoms with Crippen LogP contribution in [0, 0.1) is 0 Å². The van der Waals surface area contributed by atoms with E-state index < -0.39 is 5.97 Å². The summed E-state index contributed by atoms with van der Waals surface area (Å²) in [5.74, 6) is -0.0501. The average Bonchev–Trinajstić information content (AvgIpc) is 2.34. The number of carbonyl (C=O) groups is 1. The number of rotatable bonds is 6. The summed E-state index contributed by atoms with van der Waals surface area (Å²) < 4.78 is 10.7. The van der Waals surface area contributed by atoms with Crippen LogP contribution in [0.15, 0.2) is 18.2 Å². The number of methoxy groups -OCH3 is 1. The van der Waals surface area contributed by atoms with Crippen LogP contribution in [0.25, 0.3) is 6.08 Å². The van der Waals surface area contributed by atoms with E-state index in [2.05, 4.69) is 0 Å². The summed E-state index contributed by atoms with van der Waals surface area (Å²) in [5, 5.41) is 8.96. The van der Waals surface area contributed by atoms with Gasteiger partial charge in [0.05, 0.1) is 18.7 Å². The molecule has 0 unspecified atom stereocenters. The number of carboxylic acids is 1. The Balaban J connectivity index is 3.06. The van der Waals surface area contributed by atoms with Crippen molar-refractivity contribution in [2.75, 3.05) is 13.7 Å². The molecular formula is C13H15ClO4. The largest absolute Gasteiger partial charge is 0.493 e. The molecule has 1 rings (SSSR count). The highest BCUT2D eigenvalue weighted by molar-refractivity contribution is 6.32. The molecule has 0 bridgehead atoms. The van der Waals surface area contributed by atoms with Crippen molar-refractivity contribution in [2.24, 2.45) is 0 Å². The van der Waals surface area contributed by atoms with Gasteiger partial charge in [-0.15, -0.1) is 0 Å². The summed E-state index contributed by atoms with van der Waals surface area (Å²) in [6.45, 7) is 2.53. The maximum Gasteiger partial charge on any atom is 0.328 e. The molecule has 0 heterocycles. The second-order valence-corrected chi connectivity index (χ2v) is 3.96. The molecule has 18 heavy (non-hydrogen) atoms. The van der Waals surface area contributed by atoms with E-state index in [1.165, 1.54) is 13.2 Å². The molecule has 0 spiro atoms. The lowest BCUT2D eigenvalue weighted by atomic mass is 10.2. The van der Waals surface area contributed by atoms with Crippen LogP contribution in [0.3, 0.4) is 0 Å². The molecule has 1 aromatic carbocycles. The fraction of sp³-hybridized carbons (Fsp3) is 0.308. The molecule has 0 amide bonds. The minimum atomic E-state index is -1.02. The van der Waals surface area contributed by atoms with Gasteiger partial charge in [0.2, 0.25) is 0 Å². The predicted molar refractivity (Wildman–Crippen MR) is 70.5 cm³/mol. The molecule has 0 saturated carbocycles. The van der Waals surface area contributed by atoms with Gasteiger partial charge >= 0.3 is 5.97 Å². The summed E-state index contributed by atoms with van der Waals surface area (Å²) in [4.78, 5) is 10.4. The Labute approximate surface area is 111 Å². The second kappa shape index (κ2) is 6.91. The zero-order chi connectivity index (χ0) is 13.5. The molecule has 0 radical (unpaired) electrons. The smallest absolute Gasteiger partial charge is 0.328 e. The van der Waals surface area contributed by atoms with Gasteiger partial charge in [-0.3, -0.25) is 0 Å². The third kappa shape index (κ3) is 3.96. The molecule has 0 aromatic heterocycles. The van der Waals surface area contributed by atoms with Gasteiger partial charge in [-0.25, -0.2) is 4.79 Å². The molecular weight excluding hydrogens is 256 g/mol. The fourth-order valence-electron chi connectivity index (χ4n) is 1.35. The Morgan fingerprint density at radius 2 is 2.22 bits per heavy atom. The number of hydrogen-bond acceptors (Lipinski definition) is 3. The Bertz CT molecular complexity index is 455. The molecule has 4 nitrogen and oxygen atoms in total. The van der Waals surface area contributed by atoms with Crippen molar-refractivity contribution in [1.29, 1.82) is 0 Å². The third-order valence-electron chi connectivity index (χ3n) is 2.12.